The smallest absolute Gasteiger partial charge is 0.0458 e. The van der Waals surface area contributed by atoms with E-state index in [1.54, 1.807) is 0 Å². The number of nitrogens with zero attached hydrogens (tertiary/aromatic N) is 2. The highest BCUT2D eigenvalue weighted by Gasteiger charge is 2.16. The highest BCUT2D eigenvalue weighted by atomic mass is 15.1. The molecule has 1 unspecified atom stereocenters. The summed E-state index contributed by atoms with van der Waals surface area (Å²) in [5, 5.41) is 8.37. The Morgan fingerprint density at radius 2 is 1.70 bits per heavy atom. The first-order valence-corrected chi connectivity index (χ1v) is 6.91. The van der Waals surface area contributed by atoms with Crippen molar-refractivity contribution in [2.24, 2.45) is 5.92 Å². The molecule has 0 heterocycles. The number of nitrogens with one attached hydrogen (secondary N) is 1. The lowest BCUT2D eigenvalue weighted by Gasteiger charge is -2.22. The first-order chi connectivity index (χ1) is 9.49. The molecule has 0 saturated carbocycles. The van der Waals surface area contributed by atoms with Crippen LogP contribution >= 0.6 is 0 Å². The zero-order chi connectivity index (χ0) is 14.7. The summed E-state index contributed by atoms with van der Waals surface area (Å²) < 4.78 is 0. The Balaban J connectivity index is 2.08. The molecule has 0 fully saturated rings. The first-order valence-electron chi connectivity index (χ1n) is 6.91. The van der Waals surface area contributed by atoms with Crippen molar-refractivity contribution in [3.8, 4) is 0 Å². The Kier molecular flexibility index (Phi) is 4.28. The van der Waals surface area contributed by atoms with E-state index >= 15 is 0 Å². The van der Waals surface area contributed by atoms with Gasteiger partial charge in [-0.2, -0.15) is 0 Å². The van der Waals surface area contributed by atoms with Gasteiger partial charge in [0.1, 0.15) is 0 Å². The van der Waals surface area contributed by atoms with Crippen LogP contribution in [-0.4, -0.2) is 38.8 Å². The van der Waals surface area contributed by atoms with Crippen LogP contribution < -0.4 is 4.90 Å². The Morgan fingerprint density at radius 1 is 1.05 bits per heavy atom. The number of likely N-dealkylation sites (N-methyl/N-ethyl adjacent to an activating group) is 1. The van der Waals surface area contributed by atoms with Crippen molar-refractivity contribution < 1.29 is 0 Å². The zero-order valence-corrected chi connectivity index (χ0v) is 12.7. The molecule has 0 aliphatic heterocycles. The third-order valence-corrected chi connectivity index (χ3v) is 3.66. The molecule has 0 aromatic heterocycles. The Hall–Kier alpha value is -2.03. The number of hydrogen-bond donors (Lipinski definition) is 1. The second kappa shape index (κ2) is 5.95. The van der Waals surface area contributed by atoms with Crippen LogP contribution in [0.25, 0.3) is 0 Å². The van der Waals surface area contributed by atoms with Crippen LogP contribution in [0.1, 0.15) is 12.0 Å². The summed E-state index contributed by atoms with van der Waals surface area (Å²) in [7, 11) is 8.14. The van der Waals surface area contributed by atoms with Crippen molar-refractivity contribution in [3.63, 3.8) is 0 Å². The lowest BCUT2D eigenvalue weighted by atomic mass is 9.90. The Bertz CT molecular complexity index is 536. The van der Waals surface area contributed by atoms with E-state index in [0.29, 0.717) is 5.71 Å². The van der Waals surface area contributed by atoms with Gasteiger partial charge in [0.05, 0.1) is 0 Å². The van der Waals surface area contributed by atoms with Gasteiger partial charge in [0.2, 0.25) is 0 Å². The first kappa shape index (κ1) is 14.4. The minimum Gasteiger partial charge on any atom is -0.378 e. The second-order valence-corrected chi connectivity index (χ2v) is 5.58. The monoisotopic (exact) mass is 269 g/mol. The van der Waals surface area contributed by atoms with E-state index in [9.17, 15) is 0 Å². The van der Waals surface area contributed by atoms with E-state index in [-0.39, 0.29) is 5.92 Å². The van der Waals surface area contributed by atoms with Gasteiger partial charge >= 0.3 is 0 Å². The molecule has 0 saturated heterocycles. The number of anilines is 1. The molecule has 0 amide bonds. The van der Waals surface area contributed by atoms with E-state index in [4.69, 9.17) is 5.41 Å². The van der Waals surface area contributed by atoms with E-state index in [0.717, 1.165) is 17.7 Å². The van der Waals surface area contributed by atoms with Gasteiger partial charge < -0.3 is 15.2 Å². The summed E-state index contributed by atoms with van der Waals surface area (Å²) in [6, 6.07) is 8.21. The molecule has 1 N–H and O–H groups in total. The lowest BCUT2D eigenvalue weighted by Crippen LogP contribution is -2.18. The summed E-state index contributed by atoms with van der Waals surface area (Å²) in [5.74, 6) is 0.184. The predicted molar refractivity (Wildman–Crippen MR) is 86.6 cm³/mol. The number of allylic oxidation sites excluding steroid dienone is 3. The van der Waals surface area contributed by atoms with Gasteiger partial charge in [-0.05, 0) is 30.2 Å². The summed E-state index contributed by atoms with van der Waals surface area (Å²) in [5.41, 5.74) is 4.08. The van der Waals surface area contributed by atoms with E-state index in [2.05, 4.69) is 40.2 Å². The second-order valence-electron chi connectivity index (χ2n) is 5.58. The third-order valence-electron chi connectivity index (χ3n) is 3.66. The lowest BCUT2D eigenvalue weighted by molar-refractivity contribution is 0.521. The van der Waals surface area contributed by atoms with Gasteiger partial charge in [-0.1, -0.05) is 24.3 Å². The fraction of sp³-hybridized carbons (Fsp3) is 0.353. The SMILES string of the molecule is CN(C)C1=CCC(C(=N)c2ccc(N(C)C)cc2)C=C1. The van der Waals surface area contributed by atoms with Crippen LogP contribution in [0.2, 0.25) is 0 Å². The summed E-state index contributed by atoms with van der Waals surface area (Å²) in [6.45, 7) is 0. The molecular weight excluding hydrogens is 246 g/mol. The number of benzene rings is 1. The third kappa shape index (κ3) is 3.10. The van der Waals surface area contributed by atoms with Gasteiger partial charge in [-0.25, -0.2) is 0 Å². The Morgan fingerprint density at radius 3 is 2.15 bits per heavy atom. The van der Waals surface area contributed by atoms with Crippen molar-refractivity contribution >= 4 is 11.4 Å². The van der Waals surface area contributed by atoms with Gasteiger partial charge in [-0.3, -0.25) is 0 Å². The molecule has 2 rings (SSSR count). The normalized spacial score (nSPS) is 17.6. The van der Waals surface area contributed by atoms with Crippen molar-refractivity contribution in [2.75, 3.05) is 33.1 Å². The molecule has 1 aromatic rings. The summed E-state index contributed by atoms with van der Waals surface area (Å²) in [6.07, 6.45) is 7.35. The minimum atomic E-state index is 0.184. The Labute approximate surface area is 121 Å². The van der Waals surface area contributed by atoms with E-state index in [1.165, 1.54) is 5.70 Å². The number of rotatable bonds is 4. The van der Waals surface area contributed by atoms with Crippen molar-refractivity contribution in [3.05, 3.63) is 53.8 Å². The molecule has 0 spiro atoms. The summed E-state index contributed by atoms with van der Waals surface area (Å²) >= 11 is 0. The van der Waals surface area contributed by atoms with Crippen molar-refractivity contribution in [1.82, 2.24) is 4.90 Å². The topological polar surface area (TPSA) is 30.3 Å². The fourth-order valence-electron chi connectivity index (χ4n) is 2.31. The van der Waals surface area contributed by atoms with Gasteiger partial charge in [0.15, 0.2) is 0 Å². The van der Waals surface area contributed by atoms with Crippen molar-refractivity contribution in [2.45, 2.75) is 6.42 Å². The van der Waals surface area contributed by atoms with Crippen LogP contribution in [0.5, 0.6) is 0 Å². The molecule has 0 bridgehead atoms. The predicted octanol–water partition coefficient (Wildman–Crippen LogP) is 3.14. The fourth-order valence-corrected chi connectivity index (χ4v) is 2.31. The highest BCUT2D eigenvalue weighted by molar-refractivity contribution is 6.01. The molecular formula is C17H23N3. The maximum absolute atomic E-state index is 8.37. The number of hydrogen-bond acceptors (Lipinski definition) is 3. The van der Waals surface area contributed by atoms with Crippen molar-refractivity contribution in [1.29, 1.82) is 5.41 Å². The summed E-state index contributed by atoms with van der Waals surface area (Å²) in [4.78, 5) is 4.17. The molecule has 1 aromatic carbocycles. The van der Waals surface area contributed by atoms with Crippen LogP contribution in [0.3, 0.4) is 0 Å². The maximum atomic E-state index is 8.37. The molecule has 106 valence electrons. The minimum absolute atomic E-state index is 0.184. The average Bonchev–Trinajstić information content (AvgIpc) is 2.46. The van der Waals surface area contributed by atoms with E-state index in [1.807, 2.05) is 40.3 Å². The van der Waals surface area contributed by atoms with E-state index < -0.39 is 0 Å². The average molecular weight is 269 g/mol. The van der Waals surface area contributed by atoms with Crippen LogP contribution in [-0.2, 0) is 0 Å². The van der Waals surface area contributed by atoms with Crippen LogP contribution in [0.4, 0.5) is 5.69 Å². The molecule has 20 heavy (non-hydrogen) atoms. The maximum Gasteiger partial charge on any atom is 0.0458 e. The van der Waals surface area contributed by atoms with Gasteiger partial charge in [-0.15, -0.1) is 0 Å². The zero-order valence-electron chi connectivity index (χ0n) is 12.7. The standard InChI is InChI=1S/C17H23N3/c1-19(2)15-9-5-13(6-10-15)17(18)14-7-11-16(12-8-14)20(3)4/h5-7,9-12,14,18H,8H2,1-4H3. The quantitative estimate of drug-likeness (QED) is 0.851. The molecule has 1 atom stereocenters. The van der Waals surface area contributed by atoms with Crippen LogP contribution in [0.15, 0.2) is 48.2 Å². The molecule has 1 aliphatic rings. The van der Waals surface area contributed by atoms with Crippen LogP contribution in [0, 0.1) is 11.3 Å². The van der Waals surface area contributed by atoms with Gasteiger partial charge in [0.25, 0.3) is 0 Å². The molecule has 3 heteroatoms. The molecule has 1 aliphatic carbocycles. The molecule has 0 radical (unpaired) electrons. The largest absolute Gasteiger partial charge is 0.378 e. The molecule has 3 nitrogen and oxygen atoms in total. The highest BCUT2D eigenvalue weighted by Crippen LogP contribution is 2.22. The van der Waals surface area contributed by atoms with Gasteiger partial charge in [0, 0.05) is 51.2 Å².